The number of aliphatic hydroxyl groups excluding tert-OH is 1. The van der Waals surface area contributed by atoms with Crippen molar-refractivity contribution in [1.82, 2.24) is 4.90 Å². The third kappa shape index (κ3) is 3.57. The van der Waals surface area contributed by atoms with Gasteiger partial charge in [0.25, 0.3) is 0 Å². The van der Waals surface area contributed by atoms with Crippen molar-refractivity contribution in [2.45, 2.75) is 12.5 Å². The number of amides is 1. The van der Waals surface area contributed by atoms with Gasteiger partial charge in [-0.05, 0) is 5.56 Å². The maximum atomic E-state index is 11.8. The molecular weight excluding hydrogens is 222 g/mol. The van der Waals surface area contributed by atoms with Gasteiger partial charge >= 0.3 is 5.97 Å². The zero-order valence-corrected chi connectivity index (χ0v) is 9.54. The van der Waals surface area contributed by atoms with E-state index in [1.807, 2.05) is 18.2 Å². The molecule has 5 heteroatoms. The van der Waals surface area contributed by atoms with Gasteiger partial charge in [-0.2, -0.15) is 0 Å². The summed E-state index contributed by atoms with van der Waals surface area (Å²) in [4.78, 5) is 23.6. The van der Waals surface area contributed by atoms with Gasteiger partial charge in [-0.15, -0.1) is 0 Å². The lowest BCUT2D eigenvalue weighted by atomic mass is 10.1. The summed E-state index contributed by atoms with van der Waals surface area (Å²) in [5, 5.41) is 17.7. The normalized spacial score (nSPS) is 11.9. The molecule has 0 aromatic heterocycles. The Bertz CT molecular complexity index is 391. The highest BCUT2D eigenvalue weighted by atomic mass is 16.4. The van der Waals surface area contributed by atoms with E-state index >= 15 is 0 Å². The van der Waals surface area contributed by atoms with Gasteiger partial charge in [-0.25, -0.2) is 4.79 Å². The van der Waals surface area contributed by atoms with E-state index in [9.17, 15) is 9.59 Å². The average molecular weight is 237 g/mol. The van der Waals surface area contributed by atoms with Gasteiger partial charge in [0.05, 0.1) is 13.0 Å². The molecule has 0 heterocycles. The molecule has 0 bridgehead atoms. The van der Waals surface area contributed by atoms with Gasteiger partial charge in [-0.1, -0.05) is 30.3 Å². The first-order chi connectivity index (χ1) is 8.06. The lowest BCUT2D eigenvalue weighted by molar-refractivity contribution is -0.150. The van der Waals surface area contributed by atoms with E-state index in [4.69, 9.17) is 10.2 Å². The number of carbonyl (C=O) groups is 2. The summed E-state index contributed by atoms with van der Waals surface area (Å²) in [5.74, 6) is -1.55. The van der Waals surface area contributed by atoms with Gasteiger partial charge in [0.15, 0.2) is 6.04 Å². The monoisotopic (exact) mass is 237 g/mol. The number of nitrogens with zero attached hydrogens (tertiary/aromatic N) is 1. The number of carboxylic acid groups (broad SMARTS) is 1. The summed E-state index contributed by atoms with van der Waals surface area (Å²) in [7, 11) is 1.38. The fourth-order valence-corrected chi connectivity index (χ4v) is 1.44. The fourth-order valence-electron chi connectivity index (χ4n) is 1.44. The fraction of sp³-hybridized carbons (Fsp3) is 0.333. The zero-order chi connectivity index (χ0) is 12.8. The smallest absolute Gasteiger partial charge is 0.328 e. The topological polar surface area (TPSA) is 77.8 Å². The van der Waals surface area contributed by atoms with E-state index in [-0.39, 0.29) is 12.3 Å². The van der Waals surface area contributed by atoms with Crippen LogP contribution in [0.25, 0.3) is 0 Å². The molecule has 0 aliphatic rings. The Hall–Kier alpha value is -1.88. The minimum absolute atomic E-state index is 0.126. The Labute approximate surface area is 99.3 Å². The molecule has 0 unspecified atom stereocenters. The second-order valence-corrected chi connectivity index (χ2v) is 3.70. The standard InChI is InChI=1S/C12H15NO4/c1-13(10(8-14)12(16)17)11(15)7-9-5-3-2-4-6-9/h2-6,10,14H,7-8H2,1H3,(H,16,17)/t10-/m0/s1. The molecule has 0 spiro atoms. The number of hydrogen-bond donors (Lipinski definition) is 2. The van der Waals surface area contributed by atoms with Crippen molar-refractivity contribution >= 4 is 11.9 Å². The molecule has 2 N–H and O–H groups in total. The third-order valence-electron chi connectivity index (χ3n) is 2.52. The molecular formula is C12H15NO4. The number of carbonyl (C=O) groups excluding carboxylic acids is 1. The third-order valence-corrected chi connectivity index (χ3v) is 2.52. The van der Waals surface area contributed by atoms with Crippen LogP contribution in [0.3, 0.4) is 0 Å². The number of rotatable bonds is 5. The molecule has 1 aromatic carbocycles. The van der Waals surface area contributed by atoms with E-state index in [2.05, 4.69) is 0 Å². The summed E-state index contributed by atoms with van der Waals surface area (Å²) >= 11 is 0. The van der Waals surface area contributed by atoms with Crippen LogP contribution >= 0.6 is 0 Å². The molecule has 0 aliphatic heterocycles. The van der Waals surface area contributed by atoms with Crippen LogP contribution in [-0.4, -0.2) is 46.7 Å². The molecule has 0 aliphatic carbocycles. The molecule has 1 atom stereocenters. The molecule has 17 heavy (non-hydrogen) atoms. The van der Waals surface area contributed by atoms with Crippen molar-refractivity contribution in [1.29, 1.82) is 0 Å². The van der Waals surface area contributed by atoms with Crippen LogP contribution < -0.4 is 0 Å². The summed E-state index contributed by atoms with van der Waals surface area (Å²) in [6.45, 7) is -0.591. The highest BCUT2D eigenvalue weighted by Crippen LogP contribution is 2.04. The summed E-state index contributed by atoms with van der Waals surface area (Å²) < 4.78 is 0. The summed E-state index contributed by atoms with van der Waals surface area (Å²) in [6, 6.07) is 7.85. The van der Waals surface area contributed by atoms with Crippen molar-refractivity contribution in [3.63, 3.8) is 0 Å². The summed E-state index contributed by atoms with van der Waals surface area (Å²) in [5.41, 5.74) is 0.812. The number of carboxylic acids is 1. The van der Waals surface area contributed by atoms with Crippen LogP contribution in [0.5, 0.6) is 0 Å². The molecule has 1 amide bonds. The van der Waals surface area contributed by atoms with Crippen molar-refractivity contribution in [3.05, 3.63) is 35.9 Å². The van der Waals surface area contributed by atoms with Crippen LogP contribution in [0, 0.1) is 0 Å². The van der Waals surface area contributed by atoms with Crippen molar-refractivity contribution in [3.8, 4) is 0 Å². The van der Waals surface area contributed by atoms with Gasteiger partial charge in [0.2, 0.25) is 5.91 Å². The van der Waals surface area contributed by atoms with Gasteiger partial charge < -0.3 is 15.1 Å². The largest absolute Gasteiger partial charge is 0.480 e. The average Bonchev–Trinajstić information content (AvgIpc) is 2.30. The molecule has 0 radical (unpaired) electrons. The first-order valence-electron chi connectivity index (χ1n) is 5.19. The first kappa shape index (κ1) is 13.2. The quantitative estimate of drug-likeness (QED) is 0.763. The maximum absolute atomic E-state index is 11.8. The molecule has 1 aromatic rings. The van der Waals surface area contributed by atoms with Crippen molar-refractivity contribution < 1.29 is 19.8 Å². The zero-order valence-electron chi connectivity index (χ0n) is 9.54. The Morgan fingerprint density at radius 3 is 2.35 bits per heavy atom. The van der Waals surface area contributed by atoms with Crippen LogP contribution in [0.1, 0.15) is 5.56 Å². The second kappa shape index (κ2) is 6.00. The van der Waals surface area contributed by atoms with Crippen LogP contribution in [0.2, 0.25) is 0 Å². The van der Waals surface area contributed by atoms with Crippen molar-refractivity contribution in [2.24, 2.45) is 0 Å². The number of aliphatic carboxylic acids is 1. The van der Waals surface area contributed by atoms with Gasteiger partial charge in [0, 0.05) is 7.05 Å². The maximum Gasteiger partial charge on any atom is 0.328 e. The Kier molecular flexibility index (Phi) is 4.66. The molecule has 1 rings (SSSR count). The van der Waals surface area contributed by atoms with E-state index in [0.717, 1.165) is 10.5 Å². The van der Waals surface area contributed by atoms with Crippen molar-refractivity contribution in [2.75, 3.05) is 13.7 Å². The molecule has 0 saturated carbocycles. The predicted molar refractivity (Wildman–Crippen MR) is 61.4 cm³/mol. The van der Waals surface area contributed by atoms with E-state index in [1.54, 1.807) is 12.1 Å². The van der Waals surface area contributed by atoms with Crippen LogP contribution in [0.15, 0.2) is 30.3 Å². The minimum atomic E-state index is -1.21. The lowest BCUT2D eigenvalue weighted by Crippen LogP contribution is -2.45. The highest BCUT2D eigenvalue weighted by Gasteiger charge is 2.25. The minimum Gasteiger partial charge on any atom is -0.480 e. The summed E-state index contributed by atoms with van der Waals surface area (Å²) in [6.07, 6.45) is 0.126. The molecule has 0 fully saturated rings. The number of benzene rings is 1. The highest BCUT2D eigenvalue weighted by molar-refractivity contribution is 5.84. The molecule has 5 nitrogen and oxygen atoms in total. The Morgan fingerprint density at radius 1 is 1.29 bits per heavy atom. The molecule has 92 valence electrons. The number of likely N-dealkylation sites (N-methyl/N-ethyl adjacent to an activating group) is 1. The van der Waals surface area contributed by atoms with E-state index < -0.39 is 18.6 Å². The van der Waals surface area contributed by atoms with Gasteiger partial charge in [-0.3, -0.25) is 4.79 Å². The van der Waals surface area contributed by atoms with E-state index in [0.29, 0.717) is 0 Å². The van der Waals surface area contributed by atoms with Crippen LogP contribution in [0.4, 0.5) is 0 Å². The second-order valence-electron chi connectivity index (χ2n) is 3.70. The van der Waals surface area contributed by atoms with Crippen LogP contribution in [-0.2, 0) is 16.0 Å². The van der Waals surface area contributed by atoms with E-state index in [1.165, 1.54) is 7.05 Å². The first-order valence-corrected chi connectivity index (χ1v) is 5.19. The SMILES string of the molecule is CN(C(=O)Cc1ccccc1)[C@@H](CO)C(=O)O. The number of aliphatic hydroxyl groups is 1. The predicted octanol–water partition coefficient (Wildman–Crippen LogP) is 0.133. The number of hydrogen-bond acceptors (Lipinski definition) is 3. The molecule has 0 saturated heterocycles. The Morgan fingerprint density at radius 2 is 1.88 bits per heavy atom. The Balaban J connectivity index is 2.67. The van der Waals surface area contributed by atoms with Gasteiger partial charge in [0.1, 0.15) is 0 Å². The lowest BCUT2D eigenvalue weighted by Gasteiger charge is -2.23.